The van der Waals surface area contributed by atoms with Gasteiger partial charge in [0.15, 0.2) is 0 Å². The number of rotatable bonds is 0. The number of phenols is 1. The lowest BCUT2D eigenvalue weighted by Gasteiger charge is -2.53. The lowest BCUT2D eigenvalue weighted by Crippen LogP contribution is -2.56. The van der Waals surface area contributed by atoms with Crippen LogP contribution in [-0.4, -0.2) is 21.6 Å². The molecule has 1 aromatic carbocycles. The number of aromatic hydroxyl groups is 1. The van der Waals surface area contributed by atoms with E-state index in [0.717, 1.165) is 25.7 Å². The van der Waals surface area contributed by atoms with Gasteiger partial charge in [0.2, 0.25) is 0 Å². The molecule has 3 aliphatic carbocycles. The van der Waals surface area contributed by atoms with Crippen LogP contribution in [0.15, 0.2) is 18.2 Å². The van der Waals surface area contributed by atoms with Gasteiger partial charge in [-0.05, 0) is 74.1 Å². The number of benzene rings is 1. The molecule has 0 heterocycles. The number of aliphatic hydroxyl groups is 1. The summed E-state index contributed by atoms with van der Waals surface area (Å²) in [6.07, 6.45) is 4.70. The molecule has 0 aromatic heterocycles. The maximum Gasteiger partial charge on any atom is 0.141 e. The Hall–Kier alpha value is -1.35. The Labute approximate surface area is 125 Å². The third-order valence-corrected chi connectivity index (χ3v) is 6.61. The molecule has 3 nitrogen and oxygen atoms in total. The van der Waals surface area contributed by atoms with Crippen LogP contribution in [0.4, 0.5) is 0 Å². The van der Waals surface area contributed by atoms with E-state index in [9.17, 15) is 15.0 Å². The Morgan fingerprint density at radius 2 is 2.00 bits per heavy atom. The quantitative estimate of drug-likeness (QED) is 0.771. The van der Waals surface area contributed by atoms with Crippen LogP contribution in [0.2, 0.25) is 0 Å². The number of carbonyl (C=O) groups is 1. The second-order valence-electron chi connectivity index (χ2n) is 7.35. The molecular formula is C18H22O3. The van der Waals surface area contributed by atoms with Crippen LogP contribution in [0.1, 0.15) is 56.1 Å². The predicted octanol–water partition coefficient (Wildman–Crippen LogP) is 2.93. The molecule has 4 rings (SSSR count). The minimum absolute atomic E-state index is 0.180. The van der Waals surface area contributed by atoms with Crippen molar-refractivity contribution in [1.29, 1.82) is 0 Å². The van der Waals surface area contributed by atoms with Gasteiger partial charge in [-0.1, -0.05) is 6.07 Å². The molecule has 2 saturated carbocycles. The molecule has 0 unspecified atom stereocenters. The van der Waals surface area contributed by atoms with Crippen LogP contribution in [0.5, 0.6) is 5.75 Å². The first-order valence-electron chi connectivity index (χ1n) is 8.03. The highest BCUT2D eigenvalue weighted by atomic mass is 16.3. The lowest BCUT2D eigenvalue weighted by atomic mass is 9.53. The Kier molecular flexibility index (Phi) is 2.60. The van der Waals surface area contributed by atoms with Crippen molar-refractivity contribution in [3.05, 3.63) is 29.3 Å². The number of aryl methyl sites for hydroxylation is 1. The molecule has 2 fully saturated rings. The van der Waals surface area contributed by atoms with E-state index in [4.69, 9.17) is 0 Å². The van der Waals surface area contributed by atoms with Crippen molar-refractivity contribution >= 4 is 5.78 Å². The zero-order valence-corrected chi connectivity index (χ0v) is 12.4. The topological polar surface area (TPSA) is 57.5 Å². The highest BCUT2D eigenvalue weighted by Gasteiger charge is 2.64. The molecule has 0 aliphatic heterocycles. The van der Waals surface area contributed by atoms with Gasteiger partial charge < -0.3 is 10.2 Å². The van der Waals surface area contributed by atoms with Crippen LogP contribution < -0.4 is 0 Å². The number of hydrogen-bond donors (Lipinski definition) is 2. The van der Waals surface area contributed by atoms with Gasteiger partial charge in [0.25, 0.3) is 0 Å². The van der Waals surface area contributed by atoms with Gasteiger partial charge in [-0.15, -0.1) is 0 Å². The fourth-order valence-electron chi connectivity index (χ4n) is 5.32. The highest BCUT2D eigenvalue weighted by Crippen LogP contribution is 2.61. The van der Waals surface area contributed by atoms with E-state index < -0.39 is 11.0 Å². The van der Waals surface area contributed by atoms with Crippen molar-refractivity contribution in [2.75, 3.05) is 0 Å². The standard InChI is InChI=1S/C18H22O3/c1-17-8-6-14-13-4-3-12(19)10-11(13)2-5-15(14)18(17,21)9-7-16(17)20/h3-4,10,14-15,19,21H,2,5-9H2,1H3/t14-,15-,17-,18-/m1/s1. The van der Waals surface area contributed by atoms with Gasteiger partial charge in [-0.2, -0.15) is 0 Å². The van der Waals surface area contributed by atoms with Crippen molar-refractivity contribution in [2.24, 2.45) is 11.3 Å². The molecule has 0 amide bonds. The van der Waals surface area contributed by atoms with Gasteiger partial charge in [0.1, 0.15) is 11.5 Å². The van der Waals surface area contributed by atoms with Gasteiger partial charge >= 0.3 is 0 Å². The number of phenolic OH excluding ortho intramolecular Hbond substituents is 1. The summed E-state index contributed by atoms with van der Waals surface area (Å²) in [5.41, 5.74) is 1.12. The van der Waals surface area contributed by atoms with E-state index in [1.54, 1.807) is 6.07 Å². The molecule has 2 N–H and O–H groups in total. The van der Waals surface area contributed by atoms with E-state index in [-0.39, 0.29) is 11.7 Å². The van der Waals surface area contributed by atoms with Crippen LogP contribution in [-0.2, 0) is 11.2 Å². The van der Waals surface area contributed by atoms with E-state index >= 15 is 0 Å². The van der Waals surface area contributed by atoms with Crippen LogP contribution >= 0.6 is 0 Å². The van der Waals surface area contributed by atoms with E-state index in [0.29, 0.717) is 24.5 Å². The molecule has 21 heavy (non-hydrogen) atoms. The van der Waals surface area contributed by atoms with Crippen molar-refractivity contribution in [3.63, 3.8) is 0 Å². The Morgan fingerprint density at radius 1 is 1.19 bits per heavy atom. The van der Waals surface area contributed by atoms with E-state index in [2.05, 4.69) is 0 Å². The molecule has 112 valence electrons. The number of ketones is 1. The fourth-order valence-corrected chi connectivity index (χ4v) is 5.32. The fraction of sp³-hybridized carbons (Fsp3) is 0.611. The molecule has 0 radical (unpaired) electrons. The zero-order chi connectivity index (χ0) is 14.8. The Bertz CT molecular complexity index is 623. The second-order valence-corrected chi connectivity index (χ2v) is 7.35. The van der Waals surface area contributed by atoms with Gasteiger partial charge in [0, 0.05) is 6.42 Å². The summed E-state index contributed by atoms with van der Waals surface area (Å²) in [7, 11) is 0. The van der Waals surface area contributed by atoms with Crippen LogP contribution in [0.25, 0.3) is 0 Å². The van der Waals surface area contributed by atoms with Gasteiger partial charge in [-0.3, -0.25) is 4.79 Å². The largest absolute Gasteiger partial charge is 0.508 e. The van der Waals surface area contributed by atoms with Gasteiger partial charge in [-0.25, -0.2) is 0 Å². The summed E-state index contributed by atoms with van der Waals surface area (Å²) < 4.78 is 0. The maximum absolute atomic E-state index is 12.3. The van der Waals surface area contributed by atoms with Gasteiger partial charge in [0.05, 0.1) is 11.0 Å². The summed E-state index contributed by atoms with van der Waals surface area (Å²) in [6.45, 7) is 1.98. The summed E-state index contributed by atoms with van der Waals surface area (Å²) in [5, 5.41) is 21.0. The third-order valence-electron chi connectivity index (χ3n) is 6.61. The lowest BCUT2D eigenvalue weighted by molar-refractivity contribution is -0.157. The van der Waals surface area contributed by atoms with Crippen molar-refractivity contribution in [1.82, 2.24) is 0 Å². The summed E-state index contributed by atoms with van der Waals surface area (Å²) >= 11 is 0. The highest BCUT2D eigenvalue weighted by molar-refractivity contribution is 5.88. The molecule has 1 aromatic rings. The normalized spacial score (nSPS) is 41.3. The smallest absolute Gasteiger partial charge is 0.141 e. The van der Waals surface area contributed by atoms with Crippen molar-refractivity contribution in [3.8, 4) is 5.75 Å². The summed E-state index contributed by atoms with van der Waals surface area (Å²) in [4.78, 5) is 12.3. The minimum atomic E-state index is -0.831. The van der Waals surface area contributed by atoms with E-state index in [1.807, 2.05) is 19.1 Å². The first kappa shape index (κ1) is 13.3. The molecule has 4 atom stereocenters. The number of carbonyl (C=O) groups excluding carboxylic acids is 1. The minimum Gasteiger partial charge on any atom is -0.508 e. The maximum atomic E-state index is 12.3. The number of Topliss-reactive ketones (excluding diaryl/α,β-unsaturated/α-hetero) is 1. The summed E-state index contributed by atoms with van der Waals surface area (Å²) in [5.74, 6) is 1.08. The summed E-state index contributed by atoms with van der Waals surface area (Å²) in [6, 6.07) is 5.63. The molecule has 0 saturated heterocycles. The number of fused-ring (bicyclic) bond motifs is 5. The zero-order valence-electron chi connectivity index (χ0n) is 12.4. The van der Waals surface area contributed by atoms with E-state index in [1.165, 1.54) is 11.1 Å². The predicted molar refractivity (Wildman–Crippen MR) is 79.2 cm³/mol. The Morgan fingerprint density at radius 3 is 2.81 bits per heavy atom. The Balaban J connectivity index is 1.78. The van der Waals surface area contributed by atoms with Crippen molar-refractivity contribution in [2.45, 2.75) is 57.0 Å². The molecular weight excluding hydrogens is 264 g/mol. The van der Waals surface area contributed by atoms with Crippen LogP contribution in [0.3, 0.4) is 0 Å². The monoisotopic (exact) mass is 286 g/mol. The first-order valence-corrected chi connectivity index (χ1v) is 8.03. The van der Waals surface area contributed by atoms with Crippen LogP contribution in [0, 0.1) is 11.3 Å². The molecule has 0 spiro atoms. The average molecular weight is 286 g/mol. The first-order chi connectivity index (χ1) is 9.96. The molecule has 3 aliphatic rings. The average Bonchev–Trinajstić information content (AvgIpc) is 2.71. The second kappa shape index (κ2) is 4.10. The third kappa shape index (κ3) is 1.56. The number of hydrogen-bond acceptors (Lipinski definition) is 3. The molecule has 3 heteroatoms. The van der Waals surface area contributed by atoms with Crippen molar-refractivity contribution < 1.29 is 15.0 Å². The molecule has 0 bridgehead atoms. The SMILES string of the molecule is C[C@]12CC[C@@H]3c4ccc(O)cc4CC[C@H]3[C@]1(O)CCC2=O.